The number of hydrogen-bond acceptors (Lipinski definition) is 5. The summed E-state index contributed by atoms with van der Waals surface area (Å²) >= 11 is 0. The van der Waals surface area contributed by atoms with E-state index in [9.17, 15) is 18.3 Å². The van der Waals surface area contributed by atoms with Crippen molar-refractivity contribution >= 4 is 26.8 Å². The number of hydrogen-bond donors (Lipinski definition) is 3. The van der Waals surface area contributed by atoms with Crippen molar-refractivity contribution in [3.63, 3.8) is 0 Å². The van der Waals surface area contributed by atoms with Crippen LogP contribution in [0.2, 0.25) is 0 Å². The first-order valence-electron chi connectivity index (χ1n) is 8.38. The molecule has 0 saturated carbocycles. The van der Waals surface area contributed by atoms with Crippen molar-refractivity contribution in [2.24, 2.45) is 5.73 Å². The number of nitrogens with zero attached hydrogens (tertiary/aromatic N) is 1. The Bertz CT molecular complexity index is 1090. The van der Waals surface area contributed by atoms with Gasteiger partial charge in [-0.1, -0.05) is 30.3 Å². The Morgan fingerprint density at radius 3 is 2.63 bits per heavy atom. The number of benzene rings is 2. The summed E-state index contributed by atoms with van der Waals surface area (Å²) in [7, 11) is -3.56. The minimum Gasteiger partial charge on any atom is -0.373 e. The van der Waals surface area contributed by atoms with Crippen molar-refractivity contribution in [3.05, 3.63) is 65.9 Å². The molecule has 142 valence electrons. The third-order valence-electron chi connectivity index (χ3n) is 4.15. The van der Waals surface area contributed by atoms with Gasteiger partial charge in [0.2, 0.25) is 15.9 Å². The number of carbonyl (C=O) groups is 1. The van der Waals surface area contributed by atoms with Gasteiger partial charge in [-0.2, -0.15) is 0 Å². The fourth-order valence-corrected chi connectivity index (χ4v) is 3.56. The maximum atomic E-state index is 11.7. The smallest absolute Gasteiger partial charge is 0.233 e. The first-order chi connectivity index (χ1) is 12.7. The highest BCUT2D eigenvalue weighted by atomic mass is 32.2. The van der Waals surface area contributed by atoms with Crippen molar-refractivity contribution in [3.8, 4) is 5.69 Å². The molecule has 8 heteroatoms. The van der Waals surface area contributed by atoms with Gasteiger partial charge >= 0.3 is 0 Å². The van der Waals surface area contributed by atoms with Crippen LogP contribution in [0.3, 0.4) is 0 Å². The maximum Gasteiger partial charge on any atom is 0.233 e. The average molecular weight is 387 g/mol. The van der Waals surface area contributed by atoms with Crippen molar-refractivity contribution in [2.45, 2.75) is 19.1 Å². The van der Waals surface area contributed by atoms with Crippen LogP contribution in [0.4, 0.5) is 0 Å². The maximum absolute atomic E-state index is 11.7. The van der Waals surface area contributed by atoms with Crippen LogP contribution >= 0.6 is 0 Å². The molecule has 1 heterocycles. The third kappa shape index (κ3) is 4.54. The van der Waals surface area contributed by atoms with Crippen molar-refractivity contribution in [2.75, 3.05) is 6.26 Å². The van der Waals surface area contributed by atoms with E-state index in [1.54, 1.807) is 0 Å². The highest BCUT2D eigenvalue weighted by Gasteiger charge is 2.15. The van der Waals surface area contributed by atoms with E-state index in [-0.39, 0.29) is 6.42 Å². The molecule has 0 spiro atoms. The number of aryl methyl sites for hydroxylation is 1. The van der Waals surface area contributed by atoms with E-state index in [1.165, 1.54) is 0 Å². The third-order valence-corrected chi connectivity index (χ3v) is 4.75. The monoisotopic (exact) mass is 387 g/mol. The van der Waals surface area contributed by atoms with E-state index in [1.807, 2.05) is 63.9 Å². The number of aromatic nitrogens is 1. The van der Waals surface area contributed by atoms with Gasteiger partial charge in [0.15, 0.2) is 0 Å². The number of sulfonamides is 1. The van der Waals surface area contributed by atoms with E-state index >= 15 is 0 Å². The van der Waals surface area contributed by atoms with Crippen molar-refractivity contribution in [1.82, 2.24) is 9.29 Å². The number of amides is 1. The summed E-state index contributed by atoms with van der Waals surface area (Å²) in [5.74, 6) is -0.549. The molecule has 3 rings (SSSR count). The largest absolute Gasteiger partial charge is 0.373 e. The van der Waals surface area contributed by atoms with Crippen LogP contribution in [0.15, 0.2) is 54.6 Å². The first-order valence-corrected chi connectivity index (χ1v) is 10.3. The molecule has 0 aliphatic carbocycles. The Labute approximate surface area is 157 Å². The summed E-state index contributed by atoms with van der Waals surface area (Å²) in [5, 5.41) is 10.9. The molecule has 0 radical (unpaired) electrons. The standard InChI is InChI=1S/C19H21N3O4S/c1-27(25,26)21-18(23)10-9-13-5-4-7-15(11-13)22-16-8-3-2-6-14(16)12-17(22)19(20)24/h2-8,11-12,19,24H,9-10,20H2,1H3,(H,21,23). The summed E-state index contributed by atoms with van der Waals surface area (Å²) in [6.45, 7) is 0. The average Bonchev–Trinajstić information content (AvgIpc) is 2.99. The number of carbonyl (C=O) groups excluding carboxylic acids is 1. The van der Waals surface area contributed by atoms with E-state index in [0.29, 0.717) is 12.1 Å². The van der Waals surface area contributed by atoms with Crippen LogP contribution in [-0.2, 0) is 21.2 Å². The Hall–Kier alpha value is -2.68. The van der Waals surface area contributed by atoms with Gasteiger partial charge in [0.25, 0.3) is 0 Å². The fourth-order valence-electron chi connectivity index (χ4n) is 3.05. The lowest BCUT2D eigenvalue weighted by Gasteiger charge is -2.14. The minimum atomic E-state index is -3.56. The molecular formula is C19H21N3O4S. The summed E-state index contributed by atoms with van der Waals surface area (Å²) < 4.78 is 26.1. The molecule has 1 aromatic heterocycles. The summed E-state index contributed by atoms with van der Waals surface area (Å²) in [6, 6.07) is 17.0. The Morgan fingerprint density at radius 2 is 1.93 bits per heavy atom. The van der Waals surface area contributed by atoms with Gasteiger partial charge in [-0.05, 0) is 36.2 Å². The fraction of sp³-hybridized carbons (Fsp3) is 0.211. The molecule has 7 nitrogen and oxygen atoms in total. The van der Waals surface area contributed by atoms with Crippen molar-refractivity contribution in [1.29, 1.82) is 0 Å². The zero-order valence-electron chi connectivity index (χ0n) is 14.8. The van der Waals surface area contributed by atoms with E-state index < -0.39 is 22.2 Å². The molecular weight excluding hydrogens is 366 g/mol. The van der Waals surface area contributed by atoms with Gasteiger partial charge in [0, 0.05) is 17.5 Å². The SMILES string of the molecule is CS(=O)(=O)NC(=O)CCc1cccc(-n2c(C(N)O)cc3ccccc32)c1. The van der Waals surface area contributed by atoms with Crippen LogP contribution in [-0.4, -0.2) is 30.3 Å². The number of aliphatic hydroxyl groups excluding tert-OH is 1. The number of para-hydroxylation sites is 1. The van der Waals surface area contributed by atoms with Gasteiger partial charge in [0.1, 0.15) is 6.23 Å². The second-order valence-electron chi connectivity index (χ2n) is 6.38. The molecule has 0 aliphatic rings. The molecule has 4 N–H and O–H groups in total. The van der Waals surface area contributed by atoms with Gasteiger partial charge < -0.3 is 15.4 Å². The molecule has 1 unspecified atom stereocenters. The van der Waals surface area contributed by atoms with Gasteiger partial charge in [-0.25, -0.2) is 8.42 Å². The minimum absolute atomic E-state index is 0.0509. The highest BCUT2D eigenvalue weighted by Crippen LogP contribution is 2.27. The zero-order valence-corrected chi connectivity index (χ0v) is 15.6. The van der Waals surface area contributed by atoms with Gasteiger partial charge in [-0.3, -0.25) is 9.52 Å². The zero-order chi connectivity index (χ0) is 19.6. The van der Waals surface area contributed by atoms with E-state index in [2.05, 4.69) is 0 Å². The quantitative estimate of drug-likeness (QED) is 0.556. The molecule has 27 heavy (non-hydrogen) atoms. The molecule has 0 saturated heterocycles. The molecule has 2 aromatic carbocycles. The molecule has 0 aliphatic heterocycles. The molecule has 0 bridgehead atoms. The predicted octanol–water partition coefficient (Wildman–Crippen LogP) is 1.59. The lowest BCUT2D eigenvalue weighted by molar-refractivity contribution is -0.119. The van der Waals surface area contributed by atoms with Gasteiger partial charge in [0.05, 0.1) is 17.5 Å². The topological polar surface area (TPSA) is 114 Å². The first kappa shape index (κ1) is 19.1. The Balaban J connectivity index is 1.91. The molecule has 1 amide bonds. The Kier molecular flexibility index (Phi) is 5.31. The normalized spacial score (nSPS) is 12.9. The van der Waals surface area contributed by atoms with Crippen LogP contribution in [0.1, 0.15) is 23.9 Å². The lowest BCUT2D eigenvalue weighted by Crippen LogP contribution is -2.29. The number of nitrogens with one attached hydrogen (secondary N) is 1. The number of fused-ring (bicyclic) bond motifs is 1. The van der Waals surface area contributed by atoms with E-state index in [4.69, 9.17) is 5.73 Å². The summed E-state index contributed by atoms with van der Waals surface area (Å²) in [5.41, 5.74) is 8.87. The Morgan fingerprint density at radius 1 is 1.19 bits per heavy atom. The van der Waals surface area contributed by atoms with Crippen LogP contribution < -0.4 is 10.5 Å². The number of rotatable bonds is 6. The summed E-state index contributed by atoms with van der Waals surface area (Å²) in [4.78, 5) is 11.7. The lowest BCUT2D eigenvalue weighted by atomic mass is 10.1. The van der Waals surface area contributed by atoms with Crippen LogP contribution in [0.5, 0.6) is 0 Å². The van der Waals surface area contributed by atoms with Crippen LogP contribution in [0.25, 0.3) is 16.6 Å². The van der Waals surface area contributed by atoms with Crippen molar-refractivity contribution < 1.29 is 18.3 Å². The molecule has 0 fully saturated rings. The summed E-state index contributed by atoms with van der Waals surface area (Å²) in [6.07, 6.45) is 0.244. The number of nitrogens with two attached hydrogens (primary N) is 1. The van der Waals surface area contributed by atoms with E-state index in [0.717, 1.165) is 28.4 Å². The van der Waals surface area contributed by atoms with Crippen LogP contribution in [0, 0.1) is 0 Å². The molecule has 3 aromatic rings. The highest BCUT2D eigenvalue weighted by molar-refractivity contribution is 7.89. The van der Waals surface area contributed by atoms with Gasteiger partial charge in [-0.15, -0.1) is 0 Å². The second-order valence-corrected chi connectivity index (χ2v) is 8.12. The second kappa shape index (κ2) is 7.51. The molecule has 1 atom stereocenters. The number of aliphatic hydroxyl groups is 1. The predicted molar refractivity (Wildman–Crippen MR) is 104 cm³/mol.